The summed E-state index contributed by atoms with van der Waals surface area (Å²) in [4.78, 5) is 0. The molecule has 0 heterocycles. The highest BCUT2D eigenvalue weighted by atomic mass is 16.5. The van der Waals surface area contributed by atoms with E-state index in [1.54, 1.807) is 0 Å². The average Bonchev–Trinajstić information content (AvgIpc) is 2.34. The summed E-state index contributed by atoms with van der Waals surface area (Å²) in [5, 5.41) is 3.44. The van der Waals surface area contributed by atoms with Gasteiger partial charge in [-0.25, -0.2) is 0 Å². The second-order valence-corrected chi connectivity index (χ2v) is 3.74. The monoisotopic (exact) mass is 217 g/mol. The van der Waals surface area contributed by atoms with Gasteiger partial charge < -0.3 is 10.1 Å². The molecule has 0 aliphatic carbocycles. The maximum atomic E-state index is 5.31. The Bertz CT molecular complexity index is 337. The van der Waals surface area contributed by atoms with Crippen molar-refractivity contribution >= 4 is 0 Å². The molecule has 2 nitrogen and oxygen atoms in total. The number of rotatable bonds is 6. The molecule has 0 aromatic heterocycles. The van der Waals surface area contributed by atoms with E-state index in [4.69, 9.17) is 11.2 Å². The Balaban J connectivity index is 2.53. The first-order valence-corrected chi connectivity index (χ1v) is 5.67. The highest BCUT2D eigenvalue weighted by Crippen LogP contribution is 2.17. The van der Waals surface area contributed by atoms with Gasteiger partial charge in [-0.15, -0.1) is 6.42 Å². The van der Waals surface area contributed by atoms with Crippen LogP contribution in [0.2, 0.25) is 0 Å². The summed E-state index contributed by atoms with van der Waals surface area (Å²) in [5.41, 5.74) is 1.27. The number of nitrogens with one attached hydrogen (secondary N) is 1. The van der Waals surface area contributed by atoms with Crippen molar-refractivity contribution in [1.82, 2.24) is 5.32 Å². The number of hydrogen-bond acceptors (Lipinski definition) is 2. The van der Waals surface area contributed by atoms with Gasteiger partial charge in [0.2, 0.25) is 0 Å². The Labute approximate surface area is 98.0 Å². The summed E-state index contributed by atoms with van der Waals surface area (Å²) >= 11 is 0. The number of hydrogen-bond donors (Lipinski definition) is 1. The van der Waals surface area contributed by atoms with Crippen molar-refractivity contribution < 1.29 is 4.74 Å². The van der Waals surface area contributed by atoms with Gasteiger partial charge in [-0.3, -0.25) is 0 Å². The molecule has 0 fully saturated rings. The Morgan fingerprint density at radius 2 is 2.06 bits per heavy atom. The molecule has 0 saturated carbocycles. The fourth-order valence-electron chi connectivity index (χ4n) is 1.46. The van der Waals surface area contributed by atoms with Crippen LogP contribution in [-0.2, 0) is 0 Å². The molecule has 0 aliphatic rings. The van der Waals surface area contributed by atoms with E-state index in [0.717, 1.165) is 18.7 Å². The fourth-order valence-corrected chi connectivity index (χ4v) is 1.46. The van der Waals surface area contributed by atoms with Crippen molar-refractivity contribution in [2.75, 3.05) is 13.2 Å². The molecule has 1 aromatic rings. The smallest absolute Gasteiger partial charge is 0.148 e. The summed E-state index contributed by atoms with van der Waals surface area (Å²) in [6, 6.07) is 8.42. The molecule has 1 rings (SSSR count). The molecule has 0 amide bonds. The minimum absolute atomic E-state index is 0.322. The van der Waals surface area contributed by atoms with Gasteiger partial charge in [0.25, 0.3) is 0 Å². The number of terminal acetylenes is 1. The summed E-state index contributed by atoms with van der Waals surface area (Å²) < 4.78 is 5.31. The first kappa shape index (κ1) is 12.6. The van der Waals surface area contributed by atoms with E-state index in [9.17, 15) is 0 Å². The highest BCUT2D eigenvalue weighted by molar-refractivity contribution is 5.29. The van der Waals surface area contributed by atoms with Crippen molar-refractivity contribution in [3.63, 3.8) is 0 Å². The zero-order valence-electron chi connectivity index (χ0n) is 9.99. The molecule has 0 radical (unpaired) electrons. The van der Waals surface area contributed by atoms with Crippen molar-refractivity contribution in [2.24, 2.45) is 0 Å². The lowest BCUT2D eigenvalue weighted by atomic mass is 10.1. The van der Waals surface area contributed by atoms with Gasteiger partial charge in [0.05, 0.1) is 0 Å². The average molecular weight is 217 g/mol. The lowest BCUT2D eigenvalue weighted by Crippen LogP contribution is -2.19. The summed E-state index contributed by atoms with van der Waals surface area (Å²) in [6.07, 6.45) is 6.27. The van der Waals surface area contributed by atoms with Gasteiger partial charge in [-0.2, -0.15) is 0 Å². The van der Waals surface area contributed by atoms with E-state index in [0.29, 0.717) is 12.6 Å². The normalized spacial score (nSPS) is 11.8. The van der Waals surface area contributed by atoms with E-state index >= 15 is 0 Å². The molecule has 2 heteroatoms. The first-order chi connectivity index (χ1) is 7.77. The predicted octanol–water partition coefficient (Wildman–Crippen LogP) is 2.76. The second kappa shape index (κ2) is 6.92. The molecular formula is C14H19NO. The van der Waals surface area contributed by atoms with Crippen molar-refractivity contribution in [2.45, 2.75) is 26.3 Å². The van der Waals surface area contributed by atoms with Crippen LogP contribution in [0.1, 0.15) is 31.9 Å². The van der Waals surface area contributed by atoms with Crippen LogP contribution in [0.25, 0.3) is 0 Å². The quantitative estimate of drug-likeness (QED) is 0.740. The van der Waals surface area contributed by atoms with Gasteiger partial charge in [0.15, 0.2) is 0 Å². The Kier molecular flexibility index (Phi) is 5.45. The molecule has 1 atom stereocenters. The third-order valence-corrected chi connectivity index (χ3v) is 2.40. The van der Waals surface area contributed by atoms with Crippen LogP contribution in [0.5, 0.6) is 5.75 Å². The lowest BCUT2D eigenvalue weighted by molar-refractivity contribution is 0.370. The summed E-state index contributed by atoms with van der Waals surface area (Å²) in [5.74, 6) is 3.27. The molecule has 1 aromatic carbocycles. The minimum atomic E-state index is 0.322. The standard InChI is InChI=1S/C14H19NO/c1-4-10-15-12(3)13-6-8-14(9-7-13)16-11-5-2/h2,6-9,12,15H,4,10-11H2,1,3H3. The first-order valence-electron chi connectivity index (χ1n) is 5.67. The van der Waals surface area contributed by atoms with Crippen LogP contribution >= 0.6 is 0 Å². The van der Waals surface area contributed by atoms with E-state index in [1.165, 1.54) is 5.56 Å². The predicted molar refractivity (Wildman–Crippen MR) is 67.5 cm³/mol. The molecule has 0 saturated heterocycles. The lowest BCUT2D eigenvalue weighted by Gasteiger charge is -2.13. The van der Waals surface area contributed by atoms with Gasteiger partial charge in [0.1, 0.15) is 12.4 Å². The SMILES string of the molecule is C#CCOc1ccc(C(C)NCCC)cc1. The third kappa shape index (κ3) is 3.96. The highest BCUT2D eigenvalue weighted by Gasteiger charge is 2.03. The molecule has 86 valence electrons. The van der Waals surface area contributed by atoms with Crippen LogP contribution in [0.3, 0.4) is 0 Å². The summed E-state index contributed by atoms with van der Waals surface area (Å²) in [7, 11) is 0. The molecule has 1 unspecified atom stereocenters. The van der Waals surface area contributed by atoms with Crippen LogP contribution < -0.4 is 10.1 Å². The van der Waals surface area contributed by atoms with Gasteiger partial charge in [-0.05, 0) is 37.6 Å². The summed E-state index contributed by atoms with van der Waals surface area (Å²) in [6.45, 7) is 5.68. The molecule has 1 N–H and O–H groups in total. The topological polar surface area (TPSA) is 21.3 Å². The van der Waals surface area contributed by atoms with E-state index < -0.39 is 0 Å². The zero-order chi connectivity index (χ0) is 11.8. The van der Waals surface area contributed by atoms with Crippen molar-refractivity contribution in [3.05, 3.63) is 29.8 Å². The molecule has 0 spiro atoms. The van der Waals surface area contributed by atoms with Crippen molar-refractivity contribution in [3.8, 4) is 18.1 Å². The Hall–Kier alpha value is -1.46. The van der Waals surface area contributed by atoms with Gasteiger partial charge in [-0.1, -0.05) is 25.0 Å². The number of ether oxygens (including phenoxy) is 1. The maximum absolute atomic E-state index is 5.31. The largest absolute Gasteiger partial charge is 0.481 e. The third-order valence-electron chi connectivity index (χ3n) is 2.40. The van der Waals surface area contributed by atoms with E-state index in [2.05, 4.69) is 37.2 Å². The minimum Gasteiger partial charge on any atom is -0.481 e. The molecule has 16 heavy (non-hydrogen) atoms. The van der Waals surface area contributed by atoms with Crippen LogP contribution in [0.15, 0.2) is 24.3 Å². The van der Waals surface area contributed by atoms with Gasteiger partial charge in [0, 0.05) is 6.04 Å². The van der Waals surface area contributed by atoms with Crippen molar-refractivity contribution in [1.29, 1.82) is 0 Å². The van der Waals surface area contributed by atoms with Gasteiger partial charge >= 0.3 is 0 Å². The molecular weight excluding hydrogens is 198 g/mol. The zero-order valence-corrected chi connectivity index (χ0v) is 9.99. The maximum Gasteiger partial charge on any atom is 0.148 e. The van der Waals surface area contributed by atoms with E-state index in [1.807, 2.05) is 12.1 Å². The van der Waals surface area contributed by atoms with Crippen LogP contribution in [-0.4, -0.2) is 13.2 Å². The number of benzene rings is 1. The van der Waals surface area contributed by atoms with Crippen LogP contribution in [0.4, 0.5) is 0 Å². The fraction of sp³-hybridized carbons (Fsp3) is 0.429. The Morgan fingerprint density at radius 1 is 1.38 bits per heavy atom. The van der Waals surface area contributed by atoms with E-state index in [-0.39, 0.29) is 0 Å². The molecule has 0 bridgehead atoms. The second-order valence-electron chi connectivity index (χ2n) is 3.74. The Morgan fingerprint density at radius 3 is 2.62 bits per heavy atom. The van der Waals surface area contributed by atoms with Crippen LogP contribution in [0, 0.1) is 12.3 Å². The molecule has 0 aliphatic heterocycles.